The van der Waals surface area contributed by atoms with E-state index in [1.165, 1.54) is 23.1 Å². The van der Waals surface area contributed by atoms with Crippen molar-refractivity contribution in [3.63, 3.8) is 0 Å². The minimum Gasteiger partial charge on any atom is -0.394 e. The lowest BCUT2D eigenvalue weighted by Gasteiger charge is -2.27. The summed E-state index contributed by atoms with van der Waals surface area (Å²) in [5.74, 6) is 0.726. The third-order valence-corrected chi connectivity index (χ3v) is 3.63. The molecule has 0 bridgehead atoms. The fourth-order valence-corrected chi connectivity index (χ4v) is 2.50. The zero-order valence-corrected chi connectivity index (χ0v) is 11.3. The quantitative estimate of drug-likeness (QED) is 0.482. The molecule has 0 unspecified atom stereocenters. The number of aliphatic imine (C=N–C) groups is 1. The first-order chi connectivity index (χ1) is 10.1. The van der Waals surface area contributed by atoms with Crippen LogP contribution in [0.25, 0.3) is 0 Å². The fourth-order valence-electron chi connectivity index (χ4n) is 2.50. The summed E-state index contributed by atoms with van der Waals surface area (Å²) in [6.45, 7) is -0.223. The van der Waals surface area contributed by atoms with Crippen molar-refractivity contribution >= 4 is 11.7 Å². The maximum atomic E-state index is 10.1. The topological polar surface area (TPSA) is 139 Å². The Morgan fingerprint density at radius 3 is 2.86 bits per heavy atom. The van der Waals surface area contributed by atoms with Crippen molar-refractivity contribution in [2.75, 3.05) is 25.4 Å². The predicted molar refractivity (Wildman–Crippen MR) is 70.3 cm³/mol. The highest BCUT2D eigenvalue weighted by Gasteiger charge is 2.45. The van der Waals surface area contributed by atoms with Crippen LogP contribution in [0.4, 0.5) is 5.82 Å². The molecule has 1 aromatic heterocycles. The summed E-state index contributed by atoms with van der Waals surface area (Å²) in [4.78, 5) is 13.4. The van der Waals surface area contributed by atoms with Crippen LogP contribution in [0.5, 0.6) is 0 Å². The third kappa shape index (κ3) is 2.08. The lowest BCUT2D eigenvalue weighted by atomic mass is 10.1. The third-order valence-electron chi connectivity index (χ3n) is 3.63. The summed E-state index contributed by atoms with van der Waals surface area (Å²) < 4.78 is 6.99. The van der Waals surface area contributed by atoms with Gasteiger partial charge >= 0.3 is 0 Å². The summed E-state index contributed by atoms with van der Waals surface area (Å²) >= 11 is 0. The largest absolute Gasteiger partial charge is 0.394 e. The van der Waals surface area contributed by atoms with Crippen LogP contribution in [0.2, 0.25) is 0 Å². The van der Waals surface area contributed by atoms with Crippen molar-refractivity contribution < 1.29 is 24.9 Å². The first-order valence-electron chi connectivity index (χ1n) is 6.39. The van der Waals surface area contributed by atoms with Gasteiger partial charge < -0.3 is 25.8 Å². The van der Waals surface area contributed by atoms with Crippen LogP contribution in [0.3, 0.4) is 0 Å². The molecule has 21 heavy (non-hydrogen) atoms. The first kappa shape index (κ1) is 14.2. The van der Waals surface area contributed by atoms with Gasteiger partial charge in [0.05, 0.1) is 20.0 Å². The number of aromatic nitrogens is 2. The Bertz CT molecular complexity index is 561. The molecule has 1 fully saturated rings. The van der Waals surface area contributed by atoms with Gasteiger partial charge in [-0.2, -0.15) is 0 Å². The summed E-state index contributed by atoms with van der Waals surface area (Å²) in [5.41, 5.74) is 6.19. The molecule has 3 heterocycles. The van der Waals surface area contributed by atoms with Crippen molar-refractivity contribution in [1.29, 1.82) is 0 Å². The summed E-state index contributed by atoms with van der Waals surface area (Å²) in [6.07, 6.45) is -2.75. The van der Waals surface area contributed by atoms with Crippen LogP contribution >= 0.6 is 0 Å². The first-order valence-corrected chi connectivity index (χ1v) is 6.39. The summed E-state index contributed by atoms with van der Waals surface area (Å²) in [5, 5.41) is 30.5. The molecule has 1 aromatic rings. The average Bonchev–Trinajstić information content (AvgIpc) is 3.04. The van der Waals surface area contributed by atoms with Crippen molar-refractivity contribution in [2.45, 2.75) is 24.5 Å². The minimum atomic E-state index is -1.21. The van der Waals surface area contributed by atoms with E-state index in [4.69, 9.17) is 20.4 Å². The molecule has 5 N–H and O–H groups in total. The zero-order chi connectivity index (χ0) is 15.1. The Morgan fingerprint density at radius 1 is 1.48 bits per heavy atom. The second-order valence-electron chi connectivity index (χ2n) is 4.80. The minimum absolute atomic E-state index is 0.176. The number of imidazole rings is 1. The van der Waals surface area contributed by atoms with Gasteiger partial charge in [0.15, 0.2) is 12.0 Å². The van der Waals surface area contributed by atoms with Crippen molar-refractivity contribution in [3.8, 4) is 0 Å². The standard InChI is InChI=1S/C11H17N5O5/c1-20-16-4-14-9(12)6-10(16)15(3-13-6)11-8(19)7(18)5(2-17)21-11/h3,5,7-8,11,17-19H,2,4H2,1H3,(H2,12,14)/t5-,7-,8-,11-/m1/s1. The van der Waals surface area contributed by atoms with Crippen LogP contribution in [-0.2, 0) is 9.57 Å². The molecule has 0 aromatic carbocycles. The number of anilines is 1. The Kier molecular flexibility index (Phi) is 3.55. The van der Waals surface area contributed by atoms with Gasteiger partial charge in [0.1, 0.15) is 36.5 Å². The molecule has 116 valence electrons. The van der Waals surface area contributed by atoms with E-state index in [1.807, 2.05) is 0 Å². The maximum Gasteiger partial charge on any atom is 0.168 e. The molecular formula is C11H17N5O5. The van der Waals surface area contributed by atoms with Crippen molar-refractivity contribution in [3.05, 3.63) is 12.0 Å². The van der Waals surface area contributed by atoms with Crippen LogP contribution < -0.4 is 10.8 Å². The van der Waals surface area contributed by atoms with Crippen LogP contribution in [0.1, 0.15) is 11.9 Å². The Morgan fingerprint density at radius 2 is 2.24 bits per heavy atom. The van der Waals surface area contributed by atoms with Gasteiger partial charge in [0, 0.05) is 0 Å². The number of hydroxylamine groups is 1. The molecule has 0 radical (unpaired) electrons. The molecule has 10 nitrogen and oxygen atoms in total. The van der Waals surface area contributed by atoms with Gasteiger partial charge in [-0.15, -0.1) is 0 Å². The molecule has 0 amide bonds. The number of aliphatic hydroxyl groups is 3. The van der Waals surface area contributed by atoms with E-state index in [0.717, 1.165) is 0 Å². The van der Waals surface area contributed by atoms with Crippen LogP contribution in [0, 0.1) is 0 Å². The number of ether oxygens (including phenoxy) is 1. The highest BCUT2D eigenvalue weighted by Crippen LogP contribution is 2.35. The number of nitrogens with zero attached hydrogens (tertiary/aromatic N) is 4. The highest BCUT2D eigenvalue weighted by molar-refractivity contribution is 6.01. The second-order valence-corrected chi connectivity index (χ2v) is 4.80. The normalized spacial score (nSPS) is 32.2. The van der Waals surface area contributed by atoms with Gasteiger partial charge in [-0.3, -0.25) is 9.40 Å². The van der Waals surface area contributed by atoms with Gasteiger partial charge in [-0.05, 0) is 0 Å². The number of rotatable bonds is 3. The fraction of sp³-hybridized carbons (Fsp3) is 0.636. The molecule has 10 heteroatoms. The van der Waals surface area contributed by atoms with Crippen molar-refractivity contribution in [1.82, 2.24) is 9.55 Å². The van der Waals surface area contributed by atoms with E-state index in [0.29, 0.717) is 11.5 Å². The van der Waals surface area contributed by atoms with E-state index in [-0.39, 0.29) is 12.5 Å². The maximum absolute atomic E-state index is 10.1. The highest BCUT2D eigenvalue weighted by atomic mass is 16.7. The molecule has 2 aliphatic heterocycles. The number of nitrogens with two attached hydrogens (primary N) is 1. The van der Waals surface area contributed by atoms with E-state index in [2.05, 4.69) is 9.98 Å². The number of amidine groups is 1. The molecule has 4 atom stereocenters. The zero-order valence-electron chi connectivity index (χ0n) is 11.3. The Balaban J connectivity index is 2.00. The van der Waals surface area contributed by atoms with Crippen LogP contribution in [0.15, 0.2) is 11.3 Å². The molecule has 2 aliphatic rings. The number of fused-ring (bicyclic) bond motifs is 1. The van der Waals surface area contributed by atoms with Gasteiger partial charge in [-0.1, -0.05) is 0 Å². The van der Waals surface area contributed by atoms with Gasteiger partial charge in [0.25, 0.3) is 0 Å². The second kappa shape index (κ2) is 5.24. The van der Waals surface area contributed by atoms with Gasteiger partial charge in [0.2, 0.25) is 0 Å². The van der Waals surface area contributed by atoms with E-state index in [9.17, 15) is 10.2 Å². The predicted octanol–water partition coefficient (Wildman–Crippen LogP) is -2.46. The van der Waals surface area contributed by atoms with Crippen molar-refractivity contribution in [2.24, 2.45) is 10.7 Å². The lowest BCUT2D eigenvalue weighted by molar-refractivity contribution is -0.0532. The number of hydrogen-bond acceptors (Lipinski definition) is 9. The summed E-state index contributed by atoms with van der Waals surface area (Å²) in [7, 11) is 1.47. The lowest BCUT2D eigenvalue weighted by Crippen LogP contribution is -2.36. The molecule has 0 saturated carbocycles. The molecule has 0 aliphatic carbocycles. The summed E-state index contributed by atoms with van der Waals surface area (Å²) in [6, 6.07) is 0. The smallest absolute Gasteiger partial charge is 0.168 e. The number of aliphatic hydroxyl groups excluding tert-OH is 3. The Hall–Kier alpha value is -1.72. The molecular weight excluding hydrogens is 282 g/mol. The average molecular weight is 299 g/mol. The number of hydrogen-bond donors (Lipinski definition) is 4. The Labute approximate surface area is 120 Å². The van der Waals surface area contributed by atoms with E-state index in [1.54, 1.807) is 0 Å². The molecule has 3 rings (SSSR count). The molecule has 0 spiro atoms. The molecule has 1 saturated heterocycles. The van der Waals surface area contributed by atoms with Crippen LogP contribution in [-0.4, -0.2) is 69.4 Å². The van der Waals surface area contributed by atoms with Gasteiger partial charge in [-0.25, -0.2) is 15.0 Å². The van der Waals surface area contributed by atoms with E-state index < -0.39 is 31.1 Å². The SMILES string of the molecule is CON1CN=C(N)c2ncn([C@@H]3O[C@H](CO)[C@@H](O)[C@H]3O)c21. The van der Waals surface area contributed by atoms with E-state index >= 15 is 0 Å². The monoisotopic (exact) mass is 299 g/mol.